The number of rotatable bonds is 6. The molecule has 186 valence electrons. The van der Waals surface area contributed by atoms with E-state index in [1.807, 2.05) is 30.3 Å². The van der Waals surface area contributed by atoms with Crippen molar-refractivity contribution in [3.05, 3.63) is 88.6 Å². The van der Waals surface area contributed by atoms with Crippen molar-refractivity contribution in [3.8, 4) is 17.2 Å². The molecule has 2 atom stereocenters. The summed E-state index contributed by atoms with van der Waals surface area (Å²) < 4.78 is 16.6. The summed E-state index contributed by atoms with van der Waals surface area (Å²) in [6.07, 6.45) is 2.08. The van der Waals surface area contributed by atoms with Gasteiger partial charge >= 0.3 is 0 Å². The molecule has 0 amide bonds. The monoisotopic (exact) mass is 484 g/mol. The highest BCUT2D eigenvalue weighted by atomic mass is 16.5. The number of ether oxygens (including phenoxy) is 3. The summed E-state index contributed by atoms with van der Waals surface area (Å²) >= 11 is 0. The number of Topliss-reactive ketones (excluding diaryl/α,β-unsaturated/α-hetero) is 1. The van der Waals surface area contributed by atoms with Crippen LogP contribution >= 0.6 is 0 Å². The molecule has 1 heterocycles. The molecule has 0 radical (unpaired) electrons. The number of carbonyl (C=O) groups excluding carboxylic acids is 1. The predicted octanol–water partition coefficient (Wildman–Crippen LogP) is 6.25. The second-order valence-electron chi connectivity index (χ2n) is 9.22. The van der Waals surface area contributed by atoms with Gasteiger partial charge in [-0.1, -0.05) is 43.3 Å². The lowest BCUT2D eigenvalue weighted by Gasteiger charge is -2.30. The summed E-state index contributed by atoms with van der Waals surface area (Å²) in [5.74, 6) is 1.84. The van der Waals surface area contributed by atoms with Crippen molar-refractivity contribution in [1.29, 1.82) is 0 Å². The van der Waals surface area contributed by atoms with Gasteiger partial charge in [-0.05, 0) is 59.7 Å². The number of fused-ring (bicyclic) bond motifs is 1. The van der Waals surface area contributed by atoms with Crippen molar-refractivity contribution >= 4 is 17.2 Å². The molecule has 1 aliphatic heterocycles. The molecule has 2 aliphatic rings. The Hall–Kier alpha value is -3.93. The van der Waals surface area contributed by atoms with E-state index >= 15 is 0 Å². The number of carbonyl (C=O) groups is 1. The van der Waals surface area contributed by atoms with Gasteiger partial charge in [0.1, 0.15) is 0 Å². The highest BCUT2D eigenvalue weighted by Crippen LogP contribution is 2.47. The number of nitrogens with one attached hydrogen (secondary N) is 2. The molecule has 0 bridgehead atoms. The van der Waals surface area contributed by atoms with E-state index in [0.717, 1.165) is 40.2 Å². The van der Waals surface area contributed by atoms with E-state index in [2.05, 4.69) is 47.9 Å². The molecule has 2 N–H and O–H groups in total. The molecule has 0 saturated heterocycles. The van der Waals surface area contributed by atoms with Crippen LogP contribution in [0.2, 0.25) is 0 Å². The van der Waals surface area contributed by atoms with Crippen LogP contribution in [-0.4, -0.2) is 27.1 Å². The zero-order valence-electron chi connectivity index (χ0n) is 21.2. The molecular formula is C30H32N2O4. The minimum absolute atomic E-state index is 0.0224. The van der Waals surface area contributed by atoms with Gasteiger partial charge in [-0.15, -0.1) is 0 Å². The Balaban J connectivity index is 1.58. The Morgan fingerprint density at radius 2 is 1.50 bits per heavy atom. The third kappa shape index (κ3) is 4.28. The van der Waals surface area contributed by atoms with Crippen molar-refractivity contribution in [2.45, 2.75) is 38.1 Å². The summed E-state index contributed by atoms with van der Waals surface area (Å²) in [5.41, 5.74) is 7.05. The Morgan fingerprint density at radius 1 is 0.833 bits per heavy atom. The van der Waals surface area contributed by atoms with E-state index in [1.54, 1.807) is 21.3 Å². The minimum Gasteiger partial charge on any atom is -0.493 e. The number of para-hydroxylation sites is 2. The SMILES string of the molecule is CCc1ccc([C@@H]2Nc3ccccc3NC3=C2C(=O)C[C@@H](c2cc(OC)c(OC)c(OC)c2)C3)cc1. The Morgan fingerprint density at radius 3 is 2.11 bits per heavy atom. The van der Waals surface area contributed by atoms with E-state index in [1.165, 1.54) is 5.56 Å². The molecular weight excluding hydrogens is 452 g/mol. The molecule has 36 heavy (non-hydrogen) atoms. The molecule has 3 aromatic rings. The summed E-state index contributed by atoms with van der Waals surface area (Å²) in [4.78, 5) is 13.8. The maximum Gasteiger partial charge on any atom is 0.203 e. The molecule has 0 spiro atoms. The second kappa shape index (κ2) is 9.97. The Labute approximate surface area is 212 Å². The Kier molecular flexibility index (Phi) is 6.59. The van der Waals surface area contributed by atoms with Crippen molar-refractivity contribution < 1.29 is 19.0 Å². The minimum atomic E-state index is -0.226. The fourth-order valence-electron chi connectivity index (χ4n) is 5.26. The number of allylic oxidation sites excluding steroid dienone is 1. The van der Waals surface area contributed by atoms with Crippen LogP contribution in [-0.2, 0) is 11.2 Å². The normalized spacial score (nSPS) is 18.8. The van der Waals surface area contributed by atoms with Crippen LogP contribution in [0, 0.1) is 0 Å². The standard InChI is InChI=1S/C30H32N2O4/c1-5-18-10-12-19(13-11-18)29-28-24(31-22-8-6-7-9-23(22)32-29)14-20(15-25(28)33)21-16-26(34-2)30(36-4)27(17-21)35-3/h6-13,16-17,20,29,31-32H,5,14-15H2,1-4H3/t20-,29-/m0/s1. The van der Waals surface area contributed by atoms with Crippen molar-refractivity contribution in [2.24, 2.45) is 0 Å². The summed E-state index contributed by atoms with van der Waals surface area (Å²) in [6.45, 7) is 2.15. The third-order valence-corrected chi connectivity index (χ3v) is 7.19. The summed E-state index contributed by atoms with van der Waals surface area (Å²) in [5, 5.41) is 7.25. The van der Waals surface area contributed by atoms with Crippen molar-refractivity contribution in [2.75, 3.05) is 32.0 Å². The molecule has 0 aromatic heterocycles. The van der Waals surface area contributed by atoms with Crippen LogP contribution in [0.25, 0.3) is 0 Å². The lowest BCUT2D eigenvalue weighted by molar-refractivity contribution is -0.116. The zero-order chi connectivity index (χ0) is 25.2. The van der Waals surface area contributed by atoms with Crippen LogP contribution in [0.15, 0.2) is 71.9 Å². The third-order valence-electron chi connectivity index (χ3n) is 7.19. The number of methoxy groups -OCH3 is 3. The molecule has 3 aromatic carbocycles. The predicted molar refractivity (Wildman–Crippen MR) is 142 cm³/mol. The number of benzene rings is 3. The number of aryl methyl sites for hydroxylation is 1. The quantitative estimate of drug-likeness (QED) is 0.431. The lowest BCUT2D eigenvalue weighted by Crippen LogP contribution is -2.27. The fourth-order valence-corrected chi connectivity index (χ4v) is 5.26. The first kappa shape index (κ1) is 23.8. The number of anilines is 2. The molecule has 5 rings (SSSR count). The molecule has 0 fully saturated rings. The largest absolute Gasteiger partial charge is 0.493 e. The molecule has 0 saturated carbocycles. The zero-order valence-corrected chi connectivity index (χ0v) is 21.2. The van der Waals surface area contributed by atoms with E-state index in [9.17, 15) is 4.79 Å². The smallest absolute Gasteiger partial charge is 0.203 e. The maximum atomic E-state index is 13.8. The highest BCUT2D eigenvalue weighted by Gasteiger charge is 2.36. The first-order valence-corrected chi connectivity index (χ1v) is 12.3. The number of hydrogen-bond donors (Lipinski definition) is 2. The van der Waals surface area contributed by atoms with Gasteiger partial charge in [0, 0.05) is 17.7 Å². The van der Waals surface area contributed by atoms with Gasteiger partial charge in [-0.3, -0.25) is 4.79 Å². The maximum absolute atomic E-state index is 13.8. The fraction of sp³-hybridized carbons (Fsp3) is 0.300. The topological polar surface area (TPSA) is 68.8 Å². The Bertz CT molecular complexity index is 1290. The van der Waals surface area contributed by atoms with Crippen LogP contribution in [0.5, 0.6) is 17.2 Å². The first-order valence-electron chi connectivity index (χ1n) is 12.3. The number of ketones is 1. The lowest BCUT2D eigenvalue weighted by atomic mass is 9.78. The van der Waals surface area contributed by atoms with Crippen LogP contribution in [0.1, 0.15) is 48.4 Å². The summed E-state index contributed by atoms with van der Waals surface area (Å²) in [6, 6.07) is 20.3. The van der Waals surface area contributed by atoms with Gasteiger partial charge in [-0.25, -0.2) is 0 Å². The van der Waals surface area contributed by atoms with Gasteiger partial charge in [0.05, 0.1) is 38.7 Å². The summed E-state index contributed by atoms with van der Waals surface area (Å²) in [7, 11) is 4.81. The van der Waals surface area contributed by atoms with Crippen LogP contribution in [0.4, 0.5) is 11.4 Å². The van der Waals surface area contributed by atoms with E-state index in [-0.39, 0.29) is 17.7 Å². The molecule has 1 aliphatic carbocycles. The molecule has 6 heteroatoms. The van der Waals surface area contributed by atoms with Gasteiger partial charge in [0.2, 0.25) is 5.75 Å². The van der Waals surface area contributed by atoms with Crippen molar-refractivity contribution in [1.82, 2.24) is 0 Å². The van der Waals surface area contributed by atoms with Gasteiger partial charge < -0.3 is 24.8 Å². The average molecular weight is 485 g/mol. The van der Waals surface area contributed by atoms with Crippen LogP contribution < -0.4 is 24.8 Å². The van der Waals surface area contributed by atoms with E-state index < -0.39 is 0 Å². The van der Waals surface area contributed by atoms with Gasteiger partial charge in [0.25, 0.3) is 0 Å². The van der Waals surface area contributed by atoms with Crippen molar-refractivity contribution in [3.63, 3.8) is 0 Å². The average Bonchev–Trinajstić information content (AvgIpc) is 3.09. The highest BCUT2D eigenvalue weighted by molar-refractivity contribution is 6.01. The van der Waals surface area contributed by atoms with Gasteiger partial charge in [-0.2, -0.15) is 0 Å². The second-order valence-corrected chi connectivity index (χ2v) is 9.22. The van der Waals surface area contributed by atoms with E-state index in [0.29, 0.717) is 30.1 Å². The van der Waals surface area contributed by atoms with Gasteiger partial charge in [0.15, 0.2) is 17.3 Å². The van der Waals surface area contributed by atoms with E-state index in [4.69, 9.17) is 14.2 Å². The first-order chi connectivity index (χ1) is 17.6. The number of hydrogen-bond acceptors (Lipinski definition) is 6. The molecule has 6 nitrogen and oxygen atoms in total. The van der Waals surface area contributed by atoms with Crippen LogP contribution in [0.3, 0.4) is 0 Å². The molecule has 0 unspecified atom stereocenters.